The monoisotopic (exact) mass is 416 g/mol. The second kappa shape index (κ2) is 8.51. The van der Waals surface area contributed by atoms with Gasteiger partial charge in [-0.05, 0) is 57.4 Å². The van der Waals surface area contributed by atoms with Crippen LogP contribution in [0.2, 0.25) is 0 Å². The highest BCUT2D eigenvalue weighted by Gasteiger charge is 2.27. The number of carbonyl (C=O) groups excluding carboxylic acids is 1. The Morgan fingerprint density at radius 3 is 2.45 bits per heavy atom. The molecule has 1 saturated heterocycles. The summed E-state index contributed by atoms with van der Waals surface area (Å²) in [5, 5.41) is 7.09. The first-order valence-corrected chi connectivity index (χ1v) is 11.2. The summed E-state index contributed by atoms with van der Waals surface area (Å²) in [6, 6.07) is 4.99. The molecule has 2 heterocycles. The summed E-state index contributed by atoms with van der Waals surface area (Å²) in [5.41, 5.74) is 3.85. The lowest BCUT2D eigenvalue weighted by atomic mass is 10.2. The predicted molar refractivity (Wildman–Crippen MR) is 114 cm³/mol. The van der Waals surface area contributed by atoms with E-state index in [-0.39, 0.29) is 10.8 Å². The van der Waals surface area contributed by atoms with E-state index in [0.717, 1.165) is 36.2 Å². The summed E-state index contributed by atoms with van der Waals surface area (Å²) >= 11 is 0. The number of anilines is 1. The minimum Gasteiger partial charge on any atom is -0.322 e. The van der Waals surface area contributed by atoms with Gasteiger partial charge in [0.1, 0.15) is 0 Å². The Morgan fingerprint density at radius 2 is 1.83 bits per heavy atom. The number of hydrogen-bond donors (Lipinski definition) is 1. The Kier molecular flexibility index (Phi) is 6.24. The Morgan fingerprint density at radius 1 is 1.14 bits per heavy atom. The first kappa shape index (κ1) is 21.3. The Bertz CT molecular complexity index is 1050. The van der Waals surface area contributed by atoms with Crippen LogP contribution in [0.15, 0.2) is 29.2 Å². The molecule has 7 nitrogen and oxygen atoms in total. The van der Waals surface area contributed by atoms with Crippen molar-refractivity contribution in [3.05, 3.63) is 46.8 Å². The zero-order chi connectivity index (χ0) is 21.2. The lowest BCUT2D eigenvalue weighted by Crippen LogP contribution is -2.36. The molecule has 29 heavy (non-hydrogen) atoms. The van der Waals surface area contributed by atoms with Gasteiger partial charge in [0.25, 0.3) is 0 Å². The van der Waals surface area contributed by atoms with Crippen molar-refractivity contribution in [2.24, 2.45) is 7.05 Å². The molecule has 156 valence electrons. The van der Waals surface area contributed by atoms with Crippen molar-refractivity contribution < 1.29 is 13.2 Å². The Labute approximate surface area is 172 Å². The van der Waals surface area contributed by atoms with Crippen molar-refractivity contribution >= 4 is 27.7 Å². The van der Waals surface area contributed by atoms with E-state index < -0.39 is 10.0 Å². The van der Waals surface area contributed by atoms with Crippen molar-refractivity contribution in [1.82, 2.24) is 14.1 Å². The molecule has 0 radical (unpaired) electrons. The maximum absolute atomic E-state index is 13.0. The topological polar surface area (TPSA) is 84.3 Å². The van der Waals surface area contributed by atoms with E-state index in [1.807, 2.05) is 20.9 Å². The van der Waals surface area contributed by atoms with Gasteiger partial charge in [0, 0.05) is 43.2 Å². The summed E-state index contributed by atoms with van der Waals surface area (Å²) in [6.07, 6.45) is 5.99. The molecule has 1 amide bonds. The second-order valence-corrected chi connectivity index (χ2v) is 9.38. The number of rotatable bonds is 5. The first-order chi connectivity index (χ1) is 13.7. The van der Waals surface area contributed by atoms with Crippen molar-refractivity contribution in [3.8, 4) is 0 Å². The first-order valence-electron chi connectivity index (χ1n) is 9.80. The molecular weight excluding hydrogens is 388 g/mol. The molecule has 1 aliphatic rings. The average molecular weight is 417 g/mol. The summed E-state index contributed by atoms with van der Waals surface area (Å²) in [7, 11) is -1.70. The molecule has 0 spiro atoms. The number of benzene rings is 1. The normalized spacial score (nSPS) is 15.7. The maximum Gasteiger partial charge on any atom is 0.248 e. The quantitative estimate of drug-likeness (QED) is 0.759. The van der Waals surface area contributed by atoms with Crippen LogP contribution in [0.5, 0.6) is 0 Å². The van der Waals surface area contributed by atoms with E-state index in [0.29, 0.717) is 24.3 Å². The van der Waals surface area contributed by atoms with E-state index in [4.69, 9.17) is 0 Å². The molecule has 2 aromatic rings. The molecule has 1 fully saturated rings. The van der Waals surface area contributed by atoms with Gasteiger partial charge in [0.15, 0.2) is 0 Å². The lowest BCUT2D eigenvalue weighted by molar-refractivity contribution is -0.111. The van der Waals surface area contributed by atoms with E-state index in [1.165, 1.54) is 10.4 Å². The summed E-state index contributed by atoms with van der Waals surface area (Å²) in [4.78, 5) is 12.6. The van der Waals surface area contributed by atoms with Crippen LogP contribution in [0, 0.1) is 20.8 Å². The van der Waals surface area contributed by atoms with Gasteiger partial charge >= 0.3 is 0 Å². The highest BCUT2D eigenvalue weighted by Crippen LogP contribution is 2.26. The number of nitrogens with one attached hydrogen (secondary N) is 1. The molecule has 1 aliphatic heterocycles. The van der Waals surface area contributed by atoms with Gasteiger partial charge in [0.05, 0.1) is 10.6 Å². The fourth-order valence-electron chi connectivity index (χ4n) is 3.57. The summed E-state index contributed by atoms with van der Waals surface area (Å²) in [6.45, 7) is 6.70. The number of piperidine rings is 1. The van der Waals surface area contributed by atoms with Crippen molar-refractivity contribution in [2.75, 3.05) is 18.4 Å². The summed E-state index contributed by atoms with van der Waals surface area (Å²) < 4.78 is 29.4. The largest absolute Gasteiger partial charge is 0.322 e. The number of hydrogen-bond acceptors (Lipinski definition) is 4. The molecule has 1 aromatic heterocycles. The van der Waals surface area contributed by atoms with E-state index >= 15 is 0 Å². The molecule has 0 unspecified atom stereocenters. The lowest BCUT2D eigenvalue weighted by Gasteiger charge is -2.26. The predicted octanol–water partition coefficient (Wildman–Crippen LogP) is 3.17. The van der Waals surface area contributed by atoms with Crippen molar-refractivity contribution in [1.29, 1.82) is 0 Å². The number of nitrogens with zero attached hydrogens (tertiary/aromatic N) is 3. The highest BCUT2D eigenvalue weighted by atomic mass is 32.2. The zero-order valence-electron chi connectivity index (χ0n) is 17.4. The third-order valence-corrected chi connectivity index (χ3v) is 7.40. The minimum atomic E-state index is -3.56. The van der Waals surface area contributed by atoms with Gasteiger partial charge in [-0.1, -0.05) is 12.5 Å². The summed E-state index contributed by atoms with van der Waals surface area (Å²) in [5.74, 6) is -0.321. The Hall–Kier alpha value is -2.45. The molecule has 3 rings (SSSR count). The Balaban J connectivity index is 1.79. The van der Waals surface area contributed by atoms with Crippen LogP contribution in [-0.2, 0) is 21.9 Å². The van der Waals surface area contributed by atoms with E-state index in [2.05, 4.69) is 10.4 Å². The smallest absolute Gasteiger partial charge is 0.248 e. The maximum atomic E-state index is 13.0. The average Bonchev–Trinajstić information content (AvgIpc) is 2.93. The molecular formula is C21H28N4O3S. The van der Waals surface area contributed by atoms with Gasteiger partial charge in [-0.15, -0.1) is 0 Å². The van der Waals surface area contributed by atoms with Gasteiger partial charge < -0.3 is 5.32 Å². The fraction of sp³-hybridized carbons (Fsp3) is 0.429. The van der Waals surface area contributed by atoms with Gasteiger partial charge in [0.2, 0.25) is 15.9 Å². The number of amides is 1. The van der Waals surface area contributed by atoms with Crippen LogP contribution in [0.3, 0.4) is 0 Å². The zero-order valence-corrected chi connectivity index (χ0v) is 18.2. The van der Waals surface area contributed by atoms with E-state index in [1.54, 1.807) is 35.9 Å². The SMILES string of the molecule is Cc1ccc(NC(=O)/C=C/c2c(C)nn(C)c2C)cc1S(=O)(=O)N1CCCCC1. The van der Waals surface area contributed by atoms with Crippen LogP contribution >= 0.6 is 0 Å². The molecule has 0 aliphatic carbocycles. The molecule has 0 atom stereocenters. The standard InChI is InChI=1S/C21H28N4O3S/c1-15-8-9-18(14-20(15)29(27,28)25-12-6-5-7-13-25)22-21(26)11-10-19-16(2)23-24(4)17(19)3/h8-11,14H,5-7,12-13H2,1-4H3,(H,22,26)/b11-10+. The molecule has 1 aromatic carbocycles. The number of aromatic nitrogens is 2. The van der Waals surface area contributed by atoms with Gasteiger partial charge in [-0.2, -0.15) is 9.40 Å². The van der Waals surface area contributed by atoms with Crippen molar-refractivity contribution in [2.45, 2.75) is 44.9 Å². The van der Waals surface area contributed by atoms with Gasteiger partial charge in [-0.3, -0.25) is 9.48 Å². The van der Waals surface area contributed by atoms with Crippen LogP contribution < -0.4 is 5.32 Å². The number of carbonyl (C=O) groups is 1. The van der Waals surface area contributed by atoms with Crippen LogP contribution in [0.25, 0.3) is 6.08 Å². The van der Waals surface area contributed by atoms with Crippen molar-refractivity contribution in [3.63, 3.8) is 0 Å². The van der Waals surface area contributed by atoms with Crippen LogP contribution in [0.4, 0.5) is 5.69 Å². The van der Waals surface area contributed by atoms with Crippen LogP contribution in [0.1, 0.15) is 41.8 Å². The highest BCUT2D eigenvalue weighted by molar-refractivity contribution is 7.89. The molecule has 0 bridgehead atoms. The third-order valence-electron chi connectivity index (χ3n) is 5.35. The third kappa shape index (κ3) is 4.59. The van der Waals surface area contributed by atoms with Crippen LogP contribution in [-0.4, -0.2) is 41.5 Å². The number of sulfonamides is 1. The number of aryl methyl sites for hydroxylation is 3. The molecule has 8 heteroatoms. The molecule has 1 N–H and O–H groups in total. The van der Waals surface area contributed by atoms with E-state index in [9.17, 15) is 13.2 Å². The van der Waals surface area contributed by atoms with Gasteiger partial charge in [-0.25, -0.2) is 8.42 Å². The second-order valence-electron chi connectivity index (χ2n) is 7.48. The minimum absolute atomic E-state index is 0.250. The fourth-order valence-corrected chi connectivity index (χ4v) is 5.34. The molecule has 0 saturated carbocycles.